The number of amidine groups is 1. The Labute approximate surface area is 145 Å². The number of hydrogen-bond acceptors (Lipinski definition) is 2. The number of hydrogen-bond donors (Lipinski definition) is 2. The number of rotatable bonds is 3. The van der Waals surface area contributed by atoms with Crippen molar-refractivity contribution in [3.8, 4) is 11.3 Å². The molecular formula is C18H21N5S+2. The topological polar surface area (TPSA) is 47.4 Å². The molecule has 3 aromatic rings. The first-order chi connectivity index (χ1) is 11.7. The number of benzene rings is 1. The van der Waals surface area contributed by atoms with Crippen LogP contribution < -0.4 is 14.8 Å². The lowest BCUT2D eigenvalue weighted by Crippen LogP contribution is -2.69. The predicted octanol–water partition coefficient (Wildman–Crippen LogP) is 0.784. The van der Waals surface area contributed by atoms with E-state index < -0.39 is 0 Å². The normalized spacial score (nSPS) is 12.2. The largest absolute Gasteiger partial charge is 0.328 e. The van der Waals surface area contributed by atoms with Gasteiger partial charge in [0.25, 0.3) is 5.65 Å². The summed E-state index contributed by atoms with van der Waals surface area (Å²) in [6.45, 7) is 0. The van der Waals surface area contributed by atoms with Crippen LogP contribution in [0.25, 0.3) is 16.9 Å². The van der Waals surface area contributed by atoms with Gasteiger partial charge < -0.3 is 0 Å². The molecule has 0 radical (unpaired) electrons. The zero-order valence-corrected chi connectivity index (χ0v) is 14.8. The minimum absolute atomic E-state index is 0.912. The van der Waals surface area contributed by atoms with Crippen molar-refractivity contribution in [1.29, 1.82) is 0 Å². The lowest BCUT2D eigenvalue weighted by molar-refractivity contribution is -0.510. The molecule has 0 aliphatic carbocycles. The Morgan fingerprint density at radius 3 is 2.71 bits per heavy atom. The highest BCUT2D eigenvalue weighted by molar-refractivity contribution is 8.12. The van der Waals surface area contributed by atoms with E-state index in [0.29, 0.717) is 0 Å². The highest BCUT2D eigenvalue weighted by Gasteiger charge is 2.14. The molecule has 0 unspecified atom stereocenters. The number of aromatic nitrogens is 2. The van der Waals surface area contributed by atoms with E-state index in [4.69, 9.17) is 0 Å². The van der Waals surface area contributed by atoms with Crippen molar-refractivity contribution in [2.45, 2.75) is 0 Å². The minimum atomic E-state index is 0.912. The Kier molecular flexibility index (Phi) is 4.96. The summed E-state index contributed by atoms with van der Waals surface area (Å²) in [6, 6.07) is 14.6. The summed E-state index contributed by atoms with van der Waals surface area (Å²) in [6.07, 6.45) is 8.01. The lowest BCUT2D eigenvalue weighted by atomic mass is 10.1. The molecule has 0 saturated heterocycles. The molecule has 0 amide bonds. The molecular weight excluding hydrogens is 318 g/mol. The molecule has 2 aromatic heterocycles. The van der Waals surface area contributed by atoms with Crippen molar-refractivity contribution in [1.82, 2.24) is 9.99 Å². The first-order valence-electron chi connectivity index (χ1n) is 7.67. The fourth-order valence-electron chi connectivity index (χ4n) is 2.56. The van der Waals surface area contributed by atoms with Crippen molar-refractivity contribution in [2.75, 3.05) is 13.3 Å². The molecule has 122 valence electrons. The summed E-state index contributed by atoms with van der Waals surface area (Å²) >= 11 is 1.58. The molecule has 0 aliphatic heterocycles. The van der Waals surface area contributed by atoms with Crippen LogP contribution in [0.1, 0.15) is 5.56 Å². The first kappa shape index (κ1) is 16.3. The minimum Gasteiger partial charge on any atom is -0.270 e. The molecule has 1 aromatic carbocycles. The molecule has 2 heterocycles. The fraction of sp³-hybridized carbons (Fsp3) is 0.167. The van der Waals surface area contributed by atoms with Gasteiger partial charge in [-0.1, -0.05) is 23.3 Å². The monoisotopic (exact) mass is 339 g/mol. The van der Waals surface area contributed by atoms with E-state index in [-0.39, 0.29) is 0 Å². The zero-order chi connectivity index (χ0) is 16.9. The van der Waals surface area contributed by atoms with Gasteiger partial charge in [-0.05, 0) is 41.8 Å². The summed E-state index contributed by atoms with van der Waals surface area (Å²) in [5.41, 5.74) is 7.54. The van der Waals surface area contributed by atoms with Crippen LogP contribution in [0.4, 0.5) is 0 Å². The van der Waals surface area contributed by atoms with E-state index >= 15 is 0 Å². The van der Waals surface area contributed by atoms with E-state index in [0.717, 1.165) is 16.4 Å². The fourth-order valence-corrected chi connectivity index (χ4v) is 2.91. The lowest BCUT2D eigenvalue weighted by Gasteiger charge is -1.98. The molecule has 0 atom stereocenters. The number of thioether (sulfide) groups is 1. The summed E-state index contributed by atoms with van der Waals surface area (Å²) in [5.74, 6) is 0. The summed E-state index contributed by atoms with van der Waals surface area (Å²) in [7, 11) is 3.95. The van der Waals surface area contributed by atoms with Crippen LogP contribution >= 0.6 is 11.8 Å². The Morgan fingerprint density at radius 1 is 1.25 bits per heavy atom. The Bertz CT molecular complexity index is 893. The van der Waals surface area contributed by atoms with Crippen LogP contribution in [0.2, 0.25) is 0 Å². The number of aryl methyl sites for hydroxylation is 1. The van der Waals surface area contributed by atoms with E-state index in [1.54, 1.807) is 11.8 Å². The van der Waals surface area contributed by atoms with Gasteiger partial charge in [0.05, 0.1) is 26.5 Å². The van der Waals surface area contributed by atoms with E-state index in [1.165, 1.54) is 11.3 Å². The van der Waals surface area contributed by atoms with Crippen molar-refractivity contribution >= 4 is 28.8 Å². The maximum atomic E-state index is 4.23. The maximum Gasteiger partial charge on any atom is 0.328 e. The number of fused-ring (bicyclic) bond motifs is 1. The predicted molar refractivity (Wildman–Crippen MR) is 100 cm³/mol. The number of nitrogens with one attached hydrogen (secondary N) is 2. The van der Waals surface area contributed by atoms with Crippen molar-refractivity contribution in [3.63, 3.8) is 0 Å². The molecule has 0 aliphatic rings. The summed E-state index contributed by atoms with van der Waals surface area (Å²) in [4.78, 5) is 3.04. The molecule has 0 spiro atoms. The van der Waals surface area contributed by atoms with Crippen LogP contribution in [-0.4, -0.2) is 29.3 Å². The van der Waals surface area contributed by atoms with Crippen LogP contribution in [0, 0.1) is 0 Å². The zero-order valence-electron chi connectivity index (χ0n) is 14.0. The Hall–Kier alpha value is -2.60. The quantitative estimate of drug-likeness (QED) is 0.321. The van der Waals surface area contributed by atoms with Gasteiger partial charge in [-0.2, -0.15) is 0 Å². The van der Waals surface area contributed by atoms with Gasteiger partial charge in [0.15, 0.2) is 5.69 Å². The number of nitrogens with zero attached hydrogens (tertiary/aromatic N) is 3. The number of pyridine rings is 1. The molecule has 6 heteroatoms. The van der Waals surface area contributed by atoms with Crippen LogP contribution in [-0.2, 0) is 7.05 Å². The van der Waals surface area contributed by atoms with Gasteiger partial charge in [-0.15, -0.1) is 5.43 Å². The average Bonchev–Trinajstić information content (AvgIpc) is 2.96. The Morgan fingerprint density at radius 2 is 2.04 bits per heavy atom. The van der Waals surface area contributed by atoms with Crippen molar-refractivity contribution in [3.05, 3.63) is 60.4 Å². The summed E-state index contributed by atoms with van der Waals surface area (Å²) < 4.78 is 4.32. The van der Waals surface area contributed by atoms with Gasteiger partial charge in [0, 0.05) is 11.6 Å². The Balaban J connectivity index is 1.81. The average molecular weight is 339 g/mol. The SMILES string of the molecule is C[NH+]=C(N/N=C\c1ccc(-c2c[n+]3ccccc3n2C)cc1)SC. The molecule has 0 fully saturated rings. The summed E-state index contributed by atoms with van der Waals surface area (Å²) in [5, 5.41) is 5.15. The third kappa shape index (κ3) is 3.33. The third-order valence-corrected chi connectivity index (χ3v) is 4.56. The smallest absolute Gasteiger partial charge is 0.270 e. The highest BCUT2D eigenvalue weighted by atomic mass is 32.2. The van der Waals surface area contributed by atoms with E-state index in [2.05, 4.69) is 80.3 Å². The van der Waals surface area contributed by atoms with E-state index in [9.17, 15) is 0 Å². The highest BCUT2D eigenvalue weighted by Crippen LogP contribution is 2.19. The number of hydrazone groups is 1. The standard InChI is InChI=1S/C18H20N5S/c1-19-18(24-3)21-20-12-14-7-9-15(10-8-14)16-13-23-11-5-4-6-17(23)22(16)2/h4-13H,1-3H3,(H,19,21)/q+1/p+1/b20-12-. The third-order valence-electron chi connectivity index (χ3n) is 3.85. The molecule has 5 nitrogen and oxygen atoms in total. The molecule has 0 bridgehead atoms. The molecule has 3 rings (SSSR count). The molecule has 2 N–H and O–H groups in total. The number of imidazole rings is 1. The van der Waals surface area contributed by atoms with Crippen LogP contribution in [0.3, 0.4) is 0 Å². The van der Waals surface area contributed by atoms with Gasteiger partial charge in [0.1, 0.15) is 6.20 Å². The second kappa shape index (κ2) is 7.31. The van der Waals surface area contributed by atoms with Crippen LogP contribution in [0.5, 0.6) is 0 Å². The van der Waals surface area contributed by atoms with Crippen molar-refractivity contribution < 1.29 is 9.39 Å². The van der Waals surface area contributed by atoms with Gasteiger partial charge in [-0.3, -0.25) is 4.99 Å². The first-order valence-corrected chi connectivity index (χ1v) is 8.89. The second-order valence-electron chi connectivity index (χ2n) is 5.31. The van der Waals surface area contributed by atoms with Gasteiger partial charge in [-0.25, -0.2) is 8.97 Å². The van der Waals surface area contributed by atoms with E-state index in [1.807, 2.05) is 25.6 Å². The molecule has 0 saturated carbocycles. The second-order valence-corrected chi connectivity index (χ2v) is 6.13. The van der Waals surface area contributed by atoms with Crippen molar-refractivity contribution in [2.24, 2.45) is 12.1 Å². The maximum absolute atomic E-state index is 4.23. The molecule has 24 heavy (non-hydrogen) atoms. The van der Waals surface area contributed by atoms with Gasteiger partial charge in [0.2, 0.25) is 0 Å². The van der Waals surface area contributed by atoms with Gasteiger partial charge >= 0.3 is 5.17 Å². The van der Waals surface area contributed by atoms with Crippen LogP contribution in [0.15, 0.2) is 60.0 Å².